The molecule has 0 bridgehead atoms. The van der Waals surface area contributed by atoms with E-state index in [1.165, 1.54) is 0 Å². The van der Waals surface area contributed by atoms with Crippen molar-refractivity contribution in [1.29, 1.82) is 0 Å². The maximum Gasteiger partial charge on any atom is 0.231 e. The molecule has 0 fully saturated rings. The predicted octanol–water partition coefficient (Wildman–Crippen LogP) is 2.76. The molecular formula is C15H16N2O3. The normalized spacial score (nSPS) is 12.7. The Morgan fingerprint density at radius 1 is 1.35 bits per heavy atom. The lowest BCUT2D eigenvalue weighted by atomic mass is 10.1. The summed E-state index contributed by atoms with van der Waals surface area (Å²) in [7, 11) is 0. The molecule has 3 rings (SSSR count). The first-order chi connectivity index (χ1) is 9.70. The van der Waals surface area contributed by atoms with Crippen molar-refractivity contribution in [2.24, 2.45) is 0 Å². The third kappa shape index (κ3) is 2.05. The summed E-state index contributed by atoms with van der Waals surface area (Å²) in [6.07, 6.45) is 3.45. The van der Waals surface area contributed by atoms with Crippen LogP contribution in [0.5, 0.6) is 11.5 Å². The number of imidazole rings is 1. The lowest BCUT2D eigenvalue weighted by Gasteiger charge is -2.08. The Morgan fingerprint density at radius 2 is 2.15 bits per heavy atom. The number of benzene rings is 1. The molecule has 1 aliphatic heterocycles. The van der Waals surface area contributed by atoms with Gasteiger partial charge in [-0.2, -0.15) is 0 Å². The number of aryl methyl sites for hydroxylation is 1. The molecule has 0 aliphatic carbocycles. The molecule has 1 aromatic heterocycles. The van der Waals surface area contributed by atoms with Crippen molar-refractivity contribution in [3.63, 3.8) is 0 Å². The summed E-state index contributed by atoms with van der Waals surface area (Å²) in [5, 5.41) is 0. The highest BCUT2D eigenvalue weighted by Crippen LogP contribution is 2.34. The number of ketones is 1. The maximum atomic E-state index is 11.9. The first kappa shape index (κ1) is 12.7. The number of ether oxygens (including phenoxy) is 2. The Kier molecular flexibility index (Phi) is 3.18. The summed E-state index contributed by atoms with van der Waals surface area (Å²) < 4.78 is 12.5. The zero-order valence-corrected chi connectivity index (χ0v) is 11.5. The largest absolute Gasteiger partial charge is 0.454 e. The minimum Gasteiger partial charge on any atom is -0.454 e. The summed E-state index contributed by atoms with van der Waals surface area (Å²) in [5.74, 6) is 1.44. The number of hydrogen-bond donors (Lipinski definition) is 0. The van der Waals surface area contributed by atoms with Crippen molar-refractivity contribution in [3.8, 4) is 17.2 Å². The Bertz CT molecular complexity index is 661. The number of fused-ring (bicyclic) bond motifs is 1. The smallest absolute Gasteiger partial charge is 0.231 e. The molecule has 1 aromatic carbocycles. The summed E-state index contributed by atoms with van der Waals surface area (Å²) >= 11 is 0. The van der Waals surface area contributed by atoms with E-state index in [4.69, 9.17) is 9.47 Å². The van der Waals surface area contributed by atoms with Gasteiger partial charge in [0, 0.05) is 13.0 Å². The fourth-order valence-corrected chi connectivity index (χ4v) is 2.41. The molecule has 0 spiro atoms. The average molecular weight is 272 g/mol. The van der Waals surface area contributed by atoms with E-state index in [2.05, 4.69) is 11.9 Å². The van der Waals surface area contributed by atoms with Gasteiger partial charge in [-0.25, -0.2) is 4.98 Å². The number of carbonyl (C=O) groups excluding carboxylic acids is 1. The van der Waals surface area contributed by atoms with Gasteiger partial charge < -0.3 is 9.47 Å². The van der Waals surface area contributed by atoms with Gasteiger partial charge in [-0.1, -0.05) is 13.3 Å². The first-order valence-electron chi connectivity index (χ1n) is 6.68. The first-order valence-corrected chi connectivity index (χ1v) is 6.68. The van der Waals surface area contributed by atoms with Gasteiger partial charge in [-0.15, -0.1) is 0 Å². The molecule has 0 radical (unpaired) electrons. The second-order valence-electron chi connectivity index (χ2n) is 4.75. The highest BCUT2D eigenvalue weighted by molar-refractivity contribution is 5.94. The van der Waals surface area contributed by atoms with Crippen LogP contribution in [-0.4, -0.2) is 22.1 Å². The van der Waals surface area contributed by atoms with E-state index in [1.54, 1.807) is 13.3 Å². The Balaban J connectivity index is 2.07. The van der Waals surface area contributed by atoms with Crippen molar-refractivity contribution >= 4 is 5.78 Å². The summed E-state index contributed by atoms with van der Waals surface area (Å²) in [6.45, 7) is 3.88. The highest BCUT2D eigenvalue weighted by atomic mass is 16.7. The Hall–Kier alpha value is -2.30. The zero-order valence-electron chi connectivity index (χ0n) is 11.5. The van der Waals surface area contributed by atoms with E-state index in [-0.39, 0.29) is 12.6 Å². The van der Waals surface area contributed by atoms with Gasteiger partial charge in [-0.3, -0.25) is 9.36 Å². The second kappa shape index (κ2) is 5.00. The molecule has 2 heterocycles. The topological polar surface area (TPSA) is 53.4 Å². The van der Waals surface area contributed by atoms with Gasteiger partial charge in [0.15, 0.2) is 17.3 Å². The van der Waals surface area contributed by atoms with Gasteiger partial charge in [0.2, 0.25) is 6.79 Å². The van der Waals surface area contributed by atoms with Gasteiger partial charge in [0.05, 0.1) is 11.4 Å². The van der Waals surface area contributed by atoms with Crippen LogP contribution in [-0.2, 0) is 6.42 Å². The van der Waals surface area contributed by atoms with Gasteiger partial charge >= 0.3 is 0 Å². The molecule has 0 saturated heterocycles. The monoisotopic (exact) mass is 272 g/mol. The van der Waals surface area contributed by atoms with E-state index in [0.717, 1.165) is 30.0 Å². The number of nitrogens with zero attached hydrogens (tertiary/aromatic N) is 2. The summed E-state index contributed by atoms with van der Waals surface area (Å²) in [6, 6.07) is 5.62. The van der Waals surface area contributed by atoms with Crippen LogP contribution in [0.1, 0.15) is 36.5 Å². The van der Waals surface area contributed by atoms with Crippen molar-refractivity contribution in [1.82, 2.24) is 9.55 Å². The Labute approximate surface area is 117 Å². The van der Waals surface area contributed by atoms with Gasteiger partial charge in [-0.05, 0) is 18.6 Å². The van der Waals surface area contributed by atoms with Gasteiger partial charge in [0.25, 0.3) is 0 Å². The maximum absolute atomic E-state index is 11.9. The number of Topliss-reactive ketones (excluding diaryl/α,β-unsaturated/α-hetero) is 1. The minimum absolute atomic E-state index is 0.0172. The average Bonchev–Trinajstić information content (AvgIpc) is 3.03. The van der Waals surface area contributed by atoms with E-state index in [0.29, 0.717) is 11.4 Å². The fourth-order valence-electron chi connectivity index (χ4n) is 2.41. The van der Waals surface area contributed by atoms with Crippen LogP contribution < -0.4 is 9.47 Å². The molecule has 0 unspecified atom stereocenters. The van der Waals surface area contributed by atoms with Gasteiger partial charge in [0.1, 0.15) is 12.0 Å². The molecule has 0 N–H and O–H groups in total. The number of carbonyl (C=O) groups is 1. The molecule has 20 heavy (non-hydrogen) atoms. The van der Waals surface area contributed by atoms with Crippen LogP contribution in [0.25, 0.3) is 5.69 Å². The van der Waals surface area contributed by atoms with E-state index in [1.807, 2.05) is 22.8 Å². The molecule has 0 saturated carbocycles. The molecule has 5 heteroatoms. The molecule has 0 amide bonds. The number of hydrogen-bond acceptors (Lipinski definition) is 4. The minimum atomic E-state index is 0.0172. The standard InChI is InChI=1S/C15H16N2O3/c1-3-4-12-15(10(2)18)17(8-16-12)11-5-6-13-14(7-11)20-9-19-13/h5-8H,3-4,9H2,1-2H3. The van der Waals surface area contributed by atoms with Crippen molar-refractivity contribution < 1.29 is 14.3 Å². The van der Waals surface area contributed by atoms with Crippen LogP contribution in [0.4, 0.5) is 0 Å². The second-order valence-corrected chi connectivity index (χ2v) is 4.75. The van der Waals surface area contributed by atoms with Crippen molar-refractivity contribution in [2.45, 2.75) is 26.7 Å². The third-order valence-electron chi connectivity index (χ3n) is 3.30. The van der Waals surface area contributed by atoms with E-state index in [9.17, 15) is 4.79 Å². The van der Waals surface area contributed by atoms with E-state index >= 15 is 0 Å². The molecule has 0 atom stereocenters. The lowest BCUT2D eigenvalue weighted by molar-refractivity contribution is 0.101. The van der Waals surface area contributed by atoms with E-state index < -0.39 is 0 Å². The zero-order chi connectivity index (χ0) is 14.1. The number of aromatic nitrogens is 2. The van der Waals surface area contributed by atoms with Crippen molar-refractivity contribution in [2.75, 3.05) is 6.79 Å². The van der Waals surface area contributed by atoms with Crippen LogP contribution in [0.15, 0.2) is 24.5 Å². The molecule has 104 valence electrons. The predicted molar refractivity (Wildman–Crippen MR) is 73.7 cm³/mol. The summed E-state index contributed by atoms with van der Waals surface area (Å²) in [4.78, 5) is 16.3. The molecule has 2 aromatic rings. The van der Waals surface area contributed by atoms with Crippen LogP contribution >= 0.6 is 0 Å². The Morgan fingerprint density at radius 3 is 2.90 bits per heavy atom. The quantitative estimate of drug-likeness (QED) is 0.803. The highest BCUT2D eigenvalue weighted by Gasteiger charge is 2.18. The lowest BCUT2D eigenvalue weighted by Crippen LogP contribution is -2.06. The molecule has 5 nitrogen and oxygen atoms in total. The summed E-state index contributed by atoms with van der Waals surface area (Å²) in [5.41, 5.74) is 2.35. The van der Waals surface area contributed by atoms with Crippen LogP contribution in [0, 0.1) is 0 Å². The fraction of sp³-hybridized carbons (Fsp3) is 0.333. The third-order valence-corrected chi connectivity index (χ3v) is 3.30. The SMILES string of the molecule is CCCc1ncn(-c2ccc3c(c2)OCO3)c1C(C)=O. The molecular weight excluding hydrogens is 256 g/mol. The van der Waals surface area contributed by atoms with Crippen LogP contribution in [0.2, 0.25) is 0 Å². The van der Waals surface area contributed by atoms with Crippen molar-refractivity contribution in [3.05, 3.63) is 35.9 Å². The van der Waals surface area contributed by atoms with Crippen LogP contribution in [0.3, 0.4) is 0 Å². The molecule has 1 aliphatic rings. The number of rotatable bonds is 4.